The van der Waals surface area contributed by atoms with E-state index in [0.717, 1.165) is 96.1 Å². The molecule has 6 heteroatoms. The predicted molar refractivity (Wildman–Crippen MR) is 168 cm³/mol. The monoisotopic (exact) mass is 557 g/mol. The van der Waals surface area contributed by atoms with E-state index in [4.69, 9.17) is 9.47 Å². The molecule has 1 heterocycles. The van der Waals surface area contributed by atoms with Crippen LogP contribution >= 0.6 is 0 Å². The van der Waals surface area contributed by atoms with E-state index >= 15 is 0 Å². The van der Waals surface area contributed by atoms with Crippen molar-refractivity contribution in [1.82, 2.24) is 9.80 Å². The zero-order valence-corrected chi connectivity index (χ0v) is 25.1. The summed E-state index contributed by atoms with van der Waals surface area (Å²) in [6, 6.07) is 21.1. The Morgan fingerprint density at radius 3 is 2.37 bits per heavy atom. The zero-order chi connectivity index (χ0) is 28.6. The number of piperazine rings is 1. The van der Waals surface area contributed by atoms with Crippen molar-refractivity contribution >= 4 is 5.69 Å². The Bertz CT molecular complexity index is 1250. The molecule has 1 fully saturated rings. The average molecular weight is 558 g/mol. The number of hydrogen-bond donors (Lipinski definition) is 1. The molecule has 1 atom stereocenters. The van der Waals surface area contributed by atoms with Crippen LogP contribution in [0.2, 0.25) is 0 Å². The molecule has 0 bridgehead atoms. The van der Waals surface area contributed by atoms with Crippen molar-refractivity contribution in [3.8, 4) is 17.2 Å². The minimum Gasteiger partial charge on any atom is -0.508 e. The molecule has 2 aliphatic rings. The molecule has 3 aromatic carbocycles. The number of aryl methyl sites for hydroxylation is 1. The first-order valence-corrected chi connectivity index (χ1v) is 15.5. The maximum Gasteiger partial charge on any atom is 0.120 e. The van der Waals surface area contributed by atoms with Gasteiger partial charge in [0.1, 0.15) is 23.9 Å². The lowest BCUT2D eigenvalue weighted by atomic mass is 9.79. The maximum atomic E-state index is 9.94. The van der Waals surface area contributed by atoms with Crippen LogP contribution in [-0.4, -0.2) is 74.4 Å². The van der Waals surface area contributed by atoms with Gasteiger partial charge in [0.15, 0.2) is 0 Å². The van der Waals surface area contributed by atoms with Crippen LogP contribution in [0.5, 0.6) is 17.2 Å². The smallest absolute Gasteiger partial charge is 0.120 e. The van der Waals surface area contributed by atoms with E-state index in [9.17, 15) is 5.11 Å². The molecule has 1 unspecified atom stereocenters. The third-order valence-corrected chi connectivity index (χ3v) is 8.82. The number of rotatable bonds is 12. The lowest BCUT2D eigenvalue weighted by molar-refractivity contribution is 0.121. The minimum absolute atomic E-state index is 0.364. The fraction of sp³-hybridized carbons (Fsp3) is 0.486. The topological polar surface area (TPSA) is 48.4 Å². The normalized spacial score (nSPS) is 17.7. The first-order valence-electron chi connectivity index (χ1n) is 15.5. The number of phenolic OH excluding ortho intramolecular Hbond substituents is 1. The van der Waals surface area contributed by atoms with Gasteiger partial charge in [0.05, 0.1) is 7.11 Å². The molecule has 6 nitrogen and oxygen atoms in total. The highest BCUT2D eigenvalue weighted by atomic mass is 16.5. The molecule has 1 aliphatic heterocycles. The Balaban J connectivity index is 1.25. The molecule has 0 radical (unpaired) electrons. The van der Waals surface area contributed by atoms with Gasteiger partial charge in [-0.05, 0) is 90.7 Å². The summed E-state index contributed by atoms with van der Waals surface area (Å²) in [5.74, 6) is 2.64. The predicted octanol–water partition coefficient (Wildman–Crippen LogP) is 6.11. The average Bonchev–Trinajstić information content (AvgIpc) is 3.01. The van der Waals surface area contributed by atoms with Crippen molar-refractivity contribution in [2.45, 2.75) is 52.0 Å². The number of hydrogen-bond acceptors (Lipinski definition) is 6. The SMILES string of the molecule is CCCN(Cc1ccc(OCCN2CCN(CC)CC2)cc1)c1cc(OC)ccc1C1CCc2cc(O)ccc2C1. The summed E-state index contributed by atoms with van der Waals surface area (Å²) < 4.78 is 11.8. The summed E-state index contributed by atoms with van der Waals surface area (Å²) in [7, 11) is 1.75. The minimum atomic E-state index is 0.364. The Hall–Kier alpha value is -3.22. The first kappa shape index (κ1) is 29.3. The molecule has 41 heavy (non-hydrogen) atoms. The van der Waals surface area contributed by atoms with Crippen LogP contribution in [-0.2, 0) is 19.4 Å². The molecule has 0 saturated carbocycles. The van der Waals surface area contributed by atoms with Crippen molar-refractivity contribution < 1.29 is 14.6 Å². The van der Waals surface area contributed by atoms with E-state index in [1.54, 1.807) is 7.11 Å². The van der Waals surface area contributed by atoms with Gasteiger partial charge < -0.3 is 24.4 Å². The summed E-state index contributed by atoms with van der Waals surface area (Å²) in [6.45, 7) is 13.7. The van der Waals surface area contributed by atoms with E-state index in [1.165, 1.54) is 27.9 Å². The second kappa shape index (κ2) is 14.1. The molecule has 0 amide bonds. The third-order valence-electron chi connectivity index (χ3n) is 8.82. The van der Waals surface area contributed by atoms with E-state index in [2.05, 4.69) is 77.1 Å². The fourth-order valence-corrected chi connectivity index (χ4v) is 6.36. The molecule has 0 aromatic heterocycles. The Morgan fingerprint density at radius 1 is 0.878 bits per heavy atom. The lowest BCUT2D eigenvalue weighted by Gasteiger charge is -2.33. The molecular weight excluding hydrogens is 510 g/mol. The van der Waals surface area contributed by atoms with Gasteiger partial charge in [-0.15, -0.1) is 0 Å². The van der Waals surface area contributed by atoms with Crippen molar-refractivity contribution in [2.75, 3.05) is 64.4 Å². The number of nitrogens with zero attached hydrogens (tertiary/aromatic N) is 3. The molecule has 1 N–H and O–H groups in total. The Kier molecular flexibility index (Phi) is 10.1. The third kappa shape index (κ3) is 7.55. The number of methoxy groups -OCH3 is 1. The number of anilines is 1. The van der Waals surface area contributed by atoms with E-state index in [0.29, 0.717) is 11.7 Å². The largest absolute Gasteiger partial charge is 0.508 e. The Morgan fingerprint density at radius 2 is 1.63 bits per heavy atom. The maximum absolute atomic E-state index is 9.94. The quantitative estimate of drug-likeness (QED) is 0.290. The van der Waals surface area contributed by atoms with Crippen LogP contribution in [0.3, 0.4) is 0 Å². The molecular formula is C35H47N3O3. The molecule has 5 rings (SSSR count). The summed E-state index contributed by atoms with van der Waals surface area (Å²) in [6.07, 6.45) is 4.13. The van der Waals surface area contributed by atoms with E-state index < -0.39 is 0 Å². The van der Waals surface area contributed by atoms with Crippen LogP contribution in [0.25, 0.3) is 0 Å². The van der Waals surface area contributed by atoms with Crippen LogP contribution in [0.1, 0.15) is 54.9 Å². The number of ether oxygens (including phenoxy) is 2. The van der Waals surface area contributed by atoms with Crippen LogP contribution in [0, 0.1) is 0 Å². The second-order valence-corrected chi connectivity index (χ2v) is 11.5. The highest BCUT2D eigenvalue weighted by Gasteiger charge is 2.25. The van der Waals surface area contributed by atoms with Gasteiger partial charge in [0, 0.05) is 57.6 Å². The van der Waals surface area contributed by atoms with Crippen molar-refractivity contribution in [2.24, 2.45) is 0 Å². The lowest BCUT2D eigenvalue weighted by Crippen LogP contribution is -2.47. The zero-order valence-electron chi connectivity index (χ0n) is 25.1. The molecule has 0 spiro atoms. The van der Waals surface area contributed by atoms with Crippen molar-refractivity contribution in [3.05, 3.63) is 82.9 Å². The summed E-state index contributed by atoms with van der Waals surface area (Å²) in [4.78, 5) is 7.52. The van der Waals surface area contributed by atoms with Gasteiger partial charge in [-0.2, -0.15) is 0 Å². The highest BCUT2D eigenvalue weighted by molar-refractivity contribution is 5.60. The van der Waals surface area contributed by atoms with Crippen LogP contribution in [0.15, 0.2) is 60.7 Å². The molecule has 1 saturated heterocycles. The van der Waals surface area contributed by atoms with E-state index in [1.807, 2.05) is 12.1 Å². The molecule has 220 valence electrons. The van der Waals surface area contributed by atoms with Crippen molar-refractivity contribution in [3.63, 3.8) is 0 Å². The van der Waals surface area contributed by atoms with E-state index in [-0.39, 0.29) is 0 Å². The fourth-order valence-electron chi connectivity index (χ4n) is 6.36. The van der Waals surface area contributed by atoms with Gasteiger partial charge in [-0.3, -0.25) is 4.90 Å². The number of aromatic hydroxyl groups is 1. The van der Waals surface area contributed by atoms with Crippen molar-refractivity contribution in [1.29, 1.82) is 0 Å². The van der Waals surface area contributed by atoms with Gasteiger partial charge in [-0.1, -0.05) is 38.1 Å². The van der Waals surface area contributed by atoms with Crippen LogP contribution in [0.4, 0.5) is 5.69 Å². The number of fused-ring (bicyclic) bond motifs is 1. The van der Waals surface area contributed by atoms with Gasteiger partial charge in [-0.25, -0.2) is 0 Å². The first-order chi connectivity index (χ1) is 20.1. The highest BCUT2D eigenvalue weighted by Crippen LogP contribution is 2.40. The number of likely N-dealkylation sites (N-methyl/N-ethyl adjacent to an activating group) is 1. The standard InChI is InChI=1S/C35H47N3O3/c1-4-16-38(26-27-6-12-32(13-7-27)41-22-21-37-19-17-36(5-2)18-20-37)35-25-33(40-3)14-15-34(35)30-9-8-29-24-31(39)11-10-28(29)23-30/h6-7,10-15,24-25,30,39H,4-5,8-9,16-23,26H2,1-3H3. The number of benzene rings is 3. The summed E-state index contributed by atoms with van der Waals surface area (Å²) in [5.41, 5.74) is 6.56. The van der Waals surface area contributed by atoms with Gasteiger partial charge in [0.2, 0.25) is 0 Å². The molecule has 3 aromatic rings. The van der Waals surface area contributed by atoms with Crippen LogP contribution < -0.4 is 14.4 Å². The second-order valence-electron chi connectivity index (χ2n) is 11.5. The summed E-state index contributed by atoms with van der Waals surface area (Å²) >= 11 is 0. The summed E-state index contributed by atoms with van der Waals surface area (Å²) in [5, 5.41) is 9.94. The molecule has 1 aliphatic carbocycles. The van der Waals surface area contributed by atoms with Gasteiger partial charge in [0.25, 0.3) is 0 Å². The Labute approximate surface area is 246 Å². The van der Waals surface area contributed by atoms with Gasteiger partial charge >= 0.3 is 0 Å². The number of phenols is 1.